The van der Waals surface area contributed by atoms with E-state index < -0.39 is 48.5 Å². The van der Waals surface area contributed by atoms with Crippen molar-refractivity contribution in [2.24, 2.45) is 0 Å². The van der Waals surface area contributed by atoms with Gasteiger partial charge >= 0.3 is 23.5 Å². The number of rotatable bonds is 10. The smallest absolute Gasteiger partial charge is 0.490 e. The molecule has 1 amide bonds. The number of phosphoric acid groups is 3. The highest BCUT2D eigenvalue weighted by atomic mass is 31.3. The summed E-state index contributed by atoms with van der Waals surface area (Å²) < 4.78 is 56.9. The summed E-state index contributed by atoms with van der Waals surface area (Å²) in [6.45, 7) is 7.99. The zero-order valence-electron chi connectivity index (χ0n) is 16.0. The van der Waals surface area contributed by atoms with Gasteiger partial charge in [0.25, 0.3) is 5.91 Å². The van der Waals surface area contributed by atoms with Crippen LogP contribution >= 0.6 is 23.5 Å². The predicted octanol–water partition coefficient (Wildman–Crippen LogP) is 0.780. The molecule has 1 fully saturated rings. The van der Waals surface area contributed by atoms with Crippen molar-refractivity contribution in [3.05, 3.63) is 37.0 Å². The van der Waals surface area contributed by atoms with Gasteiger partial charge in [0.1, 0.15) is 24.3 Å². The van der Waals surface area contributed by atoms with E-state index in [4.69, 9.17) is 19.3 Å². The number of nitrogens with zero attached hydrogens (tertiary/aromatic N) is 1. The number of ether oxygens (including phenoxy) is 2. The molecule has 0 aromatic heterocycles. The van der Waals surface area contributed by atoms with Gasteiger partial charge in [0, 0.05) is 18.2 Å². The molecule has 0 aliphatic carbocycles. The van der Waals surface area contributed by atoms with E-state index >= 15 is 0 Å². The third kappa shape index (κ3) is 7.63. The van der Waals surface area contributed by atoms with Crippen molar-refractivity contribution >= 4 is 29.4 Å². The summed E-state index contributed by atoms with van der Waals surface area (Å²) in [5.74, 6) is -0.131. The molecule has 31 heavy (non-hydrogen) atoms. The Morgan fingerprint density at radius 3 is 2.48 bits per heavy atom. The van der Waals surface area contributed by atoms with Gasteiger partial charge < -0.3 is 39.3 Å². The molecule has 1 saturated heterocycles. The van der Waals surface area contributed by atoms with E-state index in [0.29, 0.717) is 5.57 Å². The largest absolute Gasteiger partial charge is 0.496 e. The molecule has 0 radical (unpaired) electrons. The second-order valence-electron chi connectivity index (χ2n) is 6.21. The summed E-state index contributed by atoms with van der Waals surface area (Å²) in [6.07, 6.45) is 0.252. The van der Waals surface area contributed by atoms with Gasteiger partial charge in [-0.05, 0) is 6.92 Å². The van der Waals surface area contributed by atoms with Gasteiger partial charge in [-0.15, -0.1) is 0 Å². The van der Waals surface area contributed by atoms with Crippen LogP contribution in [-0.2, 0) is 41.1 Å². The molecule has 2 rings (SSSR count). The van der Waals surface area contributed by atoms with Crippen LogP contribution in [0.1, 0.15) is 13.3 Å². The minimum atomic E-state index is -5.64. The molecule has 0 bridgehead atoms. The predicted molar refractivity (Wildman–Crippen MR) is 101 cm³/mol. The summed E-state index contributed by atoms with van der Waals surface area (Å²) >= 11 is 0. The fourth-order valence-electron chi connectivity index (χ4n) is 2.66. The summed E-state index contributed by atoms with van der Waals surface area (Å²) in [4.78, 5) is 49.0. The van der Waals surface area contributed by atoms with E-state index in [-0.39, 0.29) is 18.1 Å². The van der Waals surface area contributed by atoms with Crippen molar-refractivity contribution < 1.29 is 60.7 Å². The molecule has 15 nitrogen and oxygen atoms in total. The van der Waals surface area contributed by atoms with Crippen molar-refractivity contribution in [1.29, 1.82) is 0 Å². The lowest BCUT2D eigenvalue weighted by atomic mass is 10.1. The summed E-state index contributed by atoms with van der Waals surface area (Å²) in [6, 6.07) is 0. The maximum absolute atomic E-state index is 11.9. The number of amides is 1. The SMILES string of the molecule is C=CO[C@@H]1C[C@H](N2C=C(C)C(=O)NC2=C)O[C@@H]1COP(=O)(O)OP(=O)(O)OP(=O)(O)O. The molecular weight excluding hydrogens is 485 g/mol. The van der Waals surface area contributed by atoms with Gasteiger partial charge in [0.2, 0.25) is 0 Å². The second kappa shape index (κ2) is 9.65. The van der Waals surface area contributed by atoms with E-state index in [9.17, 15) is 28.3 Å². The number of carbonyl (C=O) groups excluding carboxylic acids is 1. The first kappa shape index (κ1) is 25.9. The zero-order valence-corrected chi connectivity index (χ0v) is 18.7. The Morgan fingerprint density at radius 2 is 1.90 bits per heavy atom. The Labute approximate surface area is 176 Å². The van der Waals surface area contributed by atoms with Gasteiger partial charge in [-0.25, -0.2) is 13.7 Å². The summed E-state index contributed by atoms with van der Waals surface area (Å²) in [5, 5.41) is 2.53. The molecule has 176 valence electrons. The maximum atomic E-state index is 11.9. The summed E-state index contributed by atoms with van der Waals surface area (Å²) in [7, 11) is -16.5. The standard InChI is InChI=1S/C13H21N2O13P3/c1-4-24-10-5-12(15-6-8(2)13(16)14-9(15)3)26-11(10)7-25-30(20,21)28-31(22,23)27-29(17,18)19/h4,6,10-12H,1,3,5,7H2,2H3,(H,14,16)(H,20,21)(H,22,23)(H2,17,18,19)/t10-,11-,12-/m1/s1. The normalized spacial score (nSPS) is 28.4. The minimum absolute atomic E-state index is 0.176. The van der Waals surface area contributed by atoms with Crippen LogP contribution in [0.25, 0.3) is 0 Å². The van der Waals surface area contributed by atoms with Crippen molar-refractivity contribution in [2.45, 2.75) is 31.8 Å². The molecule has 2 heterocycles. The van der Waals surface area contributed by atoms with E-state index in [2.05, 4.69) is 31.6 Å². The van der Waals surface area contributed by atoms with Crippen LogP contribution in [0.15, 0.2) is 37.0 Å². The highest BCUT2D eigenvalue weighted by molar-refractivity contribution is 7.66. The monoisotopic (exact) mass is 506 g/mol. The fourth-order valence-corrected chi connectivity index (χ4v) is 5.69. The van der Waals surface area contributed by atoms with Crippen LogP contribution < -0.4 is 5.32 Å². The molecule has 2 unspecified atom stereocenters. The molecule has 18 heteroatoms. The molecule has 5 N–H and O–H groups in total. The first-order valence-corrected chi connectivity index (χ1v) is 12.8. The lowest BCUT2D eigenvalue weighted by molar-refractivity contribution is -0.118. The van der Waals surface area contributed by atoms with E-state index in [1.807, 2.05) is 0 Å². The first-order chi connectivity index (χ1) is 14.1. The molecule has 2 aliphatic heterocycles. The van der Waals surface area contributed by atoms with Crippen molar-refractivity contribution in [3.8, 4) is 0 Å². The highest BCUT2D eigenvalue weighted by Crippen LogP contribution is 2.66. The van der Waals surface area contributed by atoms with Crippen molar-refractivity contribution in [3.63, 3.8) is 0 Å². The molecule has 2 aliphatic rings. The van der Waals surface area contributed by atoms with Crippen LogP contribution in [0, 0.1) is 0 Å². The average Bonchev–Trinajstić information content (AvgIpc) is 2.96. The van der Waals surface area contributed by atoms with Crippen LogP contribution in [0.3, 0.4) is 0 Å². The molecular formula is C13H21N2O13P3. The lowest BCUT2D eigenvalue weighted by Crippen LogP contribution is -2.42. The van der Waals surface area contributed by atoms with Crippen molar-refractivity contribution in [2.75, 3.05) is 6.61 Å². The van der Waals surface area contributed by atoms with Gasteiger partial charge in [-0.3, -0.25) is 9.32 Å². The molecule has 0 spiro atoms. The van der Waals surface area contributed by atoms with Crippen LogP contribution in [0.4, 0.5) is 0 Å². The third-order valence-corrected chi connectivity index (χ3v) is 7.64. The van der Waals surface area contributed by atoms with Crippen molar-refractivity contribution in [1.82, 2.24) is 10.2 Å². The molecule has 5 atom stereocenters. The quantitative estimate of drug-likeness (QED) is 0.205. The van der Waals surface area contributed by atoms with Gasteiger partial charge in [-0.1, -0.05) is 13.2 Å². The Kier molecular flexibility index (Phi) is 8.07. The Morgan fingerprint density at radius 1 is 1.26 bits per heavy atom. The van der Waals surface area contributed by atoms with E-state index in [0.717, 1.165) is 6.26 Å². The van der Waals surface area contributed by atoms with E-state index in [1.54, 1.807) is 6.92 Å². The lowest BCUT2D eigenvalue weighted by Gasteiger charge is -2.32. The number of carbonyl (C=O) groups is 1. The fraction of sp³-hybridized carbons (Fsp3) is 0.462. The molecule has 0 saturated carbocycles. The Bertz CT molecular complexity index is 914. The van der Waals surface area contributed by atoms with Gasteiger partial charge in [-0.2, -0.15) is 8.62 Å². The Hall–Kier alpha value is -1.34. The first-order valence-electron chi connectivity index (χ1n) is 8.29. The Balaban J connectivity index is 2.06. The maximum Gasteiger partial charge on any atom is 0.490 e. The number of hydrogen-bond donors (Lipinski definition) is 5. The number of nitrogens with one attached hydrogen (secondary N) is 1. The van der Waals surface area contributed by atoms with Crippen LogP contribution in [0.2, 0.25) is 0 Å². The average molecular weight is 506 g/mol. The molecule has 0 aromatic carbocycles. The summed E-state index contributed by atoms with van der Waals surface area (Å²) in [5.41, 5.74) is 0.369. The molecule has 0 aromatic rings. The van der Waals surface area contributed by atoms with Gasteiger partial charge in [0.05, 0.1) is 12.9 Å². The van der Waals surface area contributed by atoms with Gasteiger partial charge in [0.15, 0.2) is 0 Å². The third-order valence-electron chi connectivity index (χ3n) is 3.84. The zero-order chi connectivity index (χ0) is 23.6. The number of hydrogen-bond acceptors (Lipinski definition) is 10. The van der Waals surface area contributed by atoms with Crippen LogP contribution in [-0.4, -0.2) is 55.4 Å². The topological polar surface area (TPSA) is 211 Å². The second-order valence-corrected chi connectivity index (χ2v) is 10.6. The number of phosphoric ester groups is 1. The van der Waals surface area contributed by atoms with E-state index in [1.165, 1.54) is 11.1 Å². The van der Waals surface area contributed by atoms with Crippen LogP contribution in [0.5, 0.6) is 0 Å². The highest BCUT2D eigenvalue weighted by Gasteiger charge is 2.44. The minimum Gasteiger partial charge on any atom is -0.496 e.